The van der Waals surface area contributed by atoms with Crippen molar-refractivity contribution in [3.05, 3.63) is 54.2 Å². The van der Waals surface area contributed by atoms with Crippen LogP contribution in [0.3, 0.4) is 0 Å². The first-order valence-corrected chi connectivity index (χ1v) is 5.05. The van der Waals surface area contributed by atoms with Crippen LogP contribution in [0.25, 0.3) is 0 Å². The van der Waals surface area contributed by atoms with E-state index >= 15 is 0 Å². The van der Waals surface area contributed by atoms with E-state index in [1.807, 2.05) is 42.5 Å². The van der Waals surface area contributed by atoms with Gasteiger partial charge < -0.3 is 0 Å². The Bertz CT molecular complexity index is 539. The zero-order valence-corrected chi connectivity index (χ0v) is 9.74. The molecule has 1 aliphatic heterocycles. The van der Waals surface area contributed by atoms with Crippen molar-refractivity contribution in [3.63, 3.8) is 0 Å². The van der Waals surface area contributed by atoms with Gasteiger partial charge >= 0.3 is 0 Å². The number of aromatic nitrogens is 1. The van der Waals surface area contributed by atoms with Crippen LogP contribution in [0.5, 0.6) is 0 Å². The Kier molecular flexibility index (Phi) is 3.25. The summed E-state index contributed by atoms with van der Waals surface area (Å²) in [4.78, 5) is 8.66. The molecule has 0 atom stereocenters. The molecule has 4 nitrogen and oxygen atoms in total. The average Bonchev–Trinajstić information content (AvgIpc) is 2.39. The number of halogens is 1. The van der Waals surface area contributed by atoms with Gasteiger partial charge in [-0.05, 0) is 12.1 Å². The van der Waals surface area contributed by atoms with E-state index in [9.17, 15) is 0 Å². The van der Waals surface area contributed by atoms with Gasteiger partial charge in [0.05, 0.1) is 0 Å². The van der Waals surface area contributed by atoms with Gasteiger partial charge in [0.25, 0.3) is 0 Å². The molecule has 86 valence electrons. The highest BCUT2D eigenvalue weighted by Gasteiger charge is 2.11. The molecule has 5 heteroatoms. The lowest BCUT2D eigenvalue weighted by Gasteiger charge is -2.18. The Morgan fingerprint density at radius 3 is 2.53 bits per heavy atom. The number of amidine groups is 1. The van der Waals surface area contributed by atoms with Gasteiger partial charge in [-0.1, -0.05) is 30.3 Å². The monoisotopic (exact) mass is 246 g/mol. The number of hydrogen-bond acceptors (Lipinski definition) is 4. The third-order valence-electron chi connectivity index (χ3n) is 2.37. The van der Waals surface area contributed by atoms with Crippen LogP contribution in [0.15, 0.2) is 53.7 Å². The fourth-order valence-corrected chi connectivity index (χ4v) is 1.58. The molecule has 0 fully saturated rings. The van der Waals surface area contributed by atoms with E-state index in [0.29, 0.717) is 0 Å². The Hall–Kier alpha value is -2.07. The second-order valence-corrected chi connectivity index (χ2v) is 3.45. The molecule has 2 heterocycles. The highest BCUT2D eigenvalue weighted by atomic mass is 35.5. The molecule has 1 aromatic carbocycles. The Balaban J connectivity index is 0.00000108. The average molecular weight is 247 g/mol. The summed E-state index contributed by atoms with van der Waals surface area (Å²) in [6, 6.07) is 13.8. The predicted molar refractivity (Wildman–Crippen MR) is 70.9 cm³/mol. The van der Waals surface area contributed by atoms with E-state index < -0.39 is 0 Å². The van der Waals surface area contributed by atoms with Gasteiger partial charge in [0.2, 0.25) is 0 Å². The van der Waals surface area contributed by atoms with Crippen LogP contribution in [-0.2, 0) is 0 Å². The smallest absolute Gasteiger partial charge is 0.170 e. The summed E-state index contributed by atoms with van der Waals surface area (Å²) in [6.07, 6.45) is 1.73. The zero-order chi connectivity index (χ0) is 10.8. The Morgan fingerprint density at radius 1 is 0.882 bits per heavy atom. The van der Waals surface area contributed by atoms with Gasteiger partial charge in [-0.2, -0.15) is 0 Å². The van der Waals surface area contributed by atoms with Gasteiger partial charge in [-0.15, -0.1) is 12.4 Å². The van der Waals surface area contributed by atoms with Gasteiger partial charge in [-0.3, -0.25) is 10.9 Å². The predicted octanol–water partition coefficient (Wildman–Crippen LogP) is 2.51. The second kappa shape index (κ2) is 4.84. The number of fused-ring (bicyclic) bond motifs is 1. The van der Waals surface area contributed by atoms with Gasteiger partial charge in [0.15, 0.2) is 11.7 Å². The maximum absolute atomic E-state index is 4.50. The maximum atomic E-state index is 4.50. The minimum absolute atomic E-state index is 0. The van der Waals surface area contributed by atoms with E-state index in [1.54, 1.807) is 6.20 Å². The van der Waals surface area contributed by atoms with Crippen LogP contribution in [0.4, 0.5) is 11.5 Å². The lowest BCUT2D eigenvalue weighted by molar-refractivity contribution is 1.05. The first-order valence-electron chi connectivity index (χ1n) is 5.05. The van der Waals surface area contributed by atoms with Crippen molar-refractivity contribution in [3.8, 4) is 0 Å². The van der Waals surface area contributed by atoms with Crippen LogP contribution in [0.1, 0.15) is 5.56 Å². The molecule has 2 aromatic rings. The first kappa shape index (κ1) is 11.4. The lowest BCUT2D eigenvalue weighted by Crippen LogP contribution is -2.33. The molecule has 2 N–H and O–H groups in total. The molecule has 0 aliphatic carbocycles. The molecular formula is C12H11ClN4. The number of benzene rings is 1. The second-order valence-electron chi connectivity index (χ2n) is 3.45. The molecule has 0 bridgehead atoms. The van der Waals surface area contributed by atoms with E-state index in [0.717, 1.165) is 22.9 Å². The van der Waals surface area contributed by atoms with Gasteiger partial charge in [0, 0.05) is 11.8 Å². The quantitative estimate of drug-likeness (QED) is 0.813. The summed E-state index contributed by atoms with van der Waals surface area (Å²) in [5.74, 6) is 1.56. The van der Waals surface area contributed by atoms with Crippen molar-refractivity contribution in [2.75, 3.05) is 5.43 Å². The summed E-state index contributed by atoms with van der Waals surface area (Å²) in [7, 11) is 0. The molecule has 0 unspecified atom stereocenters. The Morgan fingerprint density at radius 2 is 1.71 bits per heavy atom. The standard InChI is InChI=1S/C12H10N4.ClH/c1-2-5-9(6-3-1)11-14-10-7-4-8-13-12(10)16-15-11;/h1-8H,(H,13,16)(H,14,15);1H. The van der Waals surface area contributed by atoms with Crippen molar-refractivity contribution in [2.24, 2.45) is 4.99 Å². The summed E-state index contributed by atoms with van der Waals surface area (Å²) in [6.45, 7) is 0. The topological polar surface area (TPSA) is 49.3 Å². The van der Waals surface area contributed by atoms with Crippen molar-refractivity contribution in [1.82, 2.24) is 10.4 Å². The zero-order valence-electron chi connectivity index (χ0n) is 8.92. The van der Waals surface area contributed by atoms with Crippen LogP contribution in [0, 0.1) is 0 Å². The van der Waals surface area contributed by atoms with E-state index in [1.165, 1.54) is 0 Å². The van der Waals surface area contributed by atoms with Crippen LogP contribution in [-0.4, -0.2) is 10.8 Å². The SMILES string of the molecule is Cl.c1ccc(C2=Nc3cccnc3NN2)cc1. The summed E-state index contributed by atoms with van der Waals surface area (Å²) >= 11 is 0. The highest BCUT2D eigenvalue weighted by molar-refractivity contribution is 6.02. The van der Waals surface area contributed by atoms with Crippen LogP contribution >= 0.6 is 12.4 Å². The fraction of sp³-hybridized carbons (Fsp3) is 0. The van der Waals surface area contributed by atoms with Crippen molar-refractivity contribution < 1.29 is 0 Å². The number of anilines is 1. The number of hydrazine groups is 1. The summed E-state index contributed by atoms with van der Waals surface area (Å²) in [5.41, 5.74) is 7.94. The molecule has 0 amide bonds. The molecule has 0 radical (unpaired) electrons. The van der Waals surface area contributed by atoms with Crippen LogP contribution < -0.4 is 10.9 Å². The molecule has 3 rings (SSSR count). The number of hydrogen-bond donors (Lipinski definition) is 2. The number of aliphatic imine (C=N–C) groups is 1. The lowest BCUT2D eigenvalue weighted by atomic mass is 10.2. The minimum Gasteiger partial charge on any atom is -0.282 e. The molecular weight excluding hydrogens is 236 g/mol. The molecule has 1 aliphatic rings. The van der Waals surface area contributed by atoms with E-state index in [-0.39, 0.29) is 12.4 Å². The molecule has 0 saturated heterocycles. The van der Waals surface area contributed by atoms with Crippen molar-refractivity contribution in [2.45, 2.75) is 0 Å². The van der Waals surface area contributed by atoms with Crippen LogP contribution in [0.2, 0.25) is 0 Å². The first-order chi connectivity index (χ1) is 7.93. The number of nitrogens with one attached hydrogen (secondary N) is 2. The number of nitrogens with zero attached hydrogens (tertiary/aromatic N) is 2. The molecule has 0 saturated carbocycles. The highest BCUT2D eigenvalue weighted by Crippen LogP contribution is 2.24. The van der Waals surface area contributed by atoms with Gasteiger partial charge in [-0.25, -0.2) is 9.98 Å². The maximum Gasteiger partial charge on any atom is 0.170 e. The van der Waals surface area contributed by atoms with E-state index in [2.05, 4.69) is 20.8 Å². The Labute approximate surface area is 105 Å². The van der Waals surface area contributed by atoms with Crippen molar-refractivity contribution in [1.29, 1.82) is 0 Å². The van der Waals surface area contributed by atoms with Gasteiger partial charge in [0.1, 0.15) is 5.69 Å². The number of rotatable bonds is 1. The molecule has 1 aromatic heterocycles. The molecule has 17 heavy (non-hydrogen) atoms. The normalized spacial score (nSPS) is 12.4. The number of pyridine rings is 1. The summed E-state index contributed by atoms with van der Waals surface area (Å²) < 4.78 is 0. The fourth-order valence-electron chi connectivity index (χ4n) is 1.58. The third kappa shape index (κ3) is 2.21. The summed E-state index contributed by atoms with van der Waals surface area (Å²) in [5, 5.41) is 0. The largest absolute Gasteiger partial charge is 0.282 e. The van der Waals surface area contributed by atoms with E-state index in [4.69, 9.17) is 0 Å². The minimum atomic E-state index is 0. The third-order valence-corrected chi connectivity index (χ3v) is 2.37. The molecule has 0 spiro atoms. The van der Waals surface area contributed by atoms with Crippen molar-refractivity contribution >= 4 is 29.7 Å².